The van der Waals surface area contributed by atoms with Gasteiger partial charge in [-0.25, -0.2) is 0 Å². The van der Waals surface area contributed by atoms with E-state index in [9.17, 15) is 0 Å². The van der Waals surface area contributed by atoms with Crippen LogP contribution in [0.2, 0.25) is 0 Å². The van der Waals surface area contributed by atoms with Crippen LogP contribution < -0.4 is 11.3 Å². The number of hydrazine groups is 1. The van der Waals surface area contributed by atoms with E-state index < -0.39 is 0 Å². The van der Waals surface area contributed by atoms with Crippen LogP contribution >= 0.6 is 0 Å². The Balaban J connectivity index is 3.59. The van der Waals surface area contributed by atoms with E-state index in [-0.39, 0.29) is 0 Å². The van der Waals surface area contributed by atoms with Gasteiger partial charge in [0, 0.05) is 6.04 Å². The first-order valence-electron chi connectivity index (χ1n) is 5.96. The van der Waals surface area contributed by atoms with Gasteiger partial charge in [0.2, 0.25) is 0 Å². The molecule has 0 aromatic heterocycles. The zero-order valence-corrected chi connectivity index (χ0v) is 10.1. The zero-order valence-electron chi connectivity index (χ0n) is 10.1. The van der Waals surface area contributed by atoms with E-state index in [1.165, 1.54) is 19.3 Å². The fourth-order valence-electron chi connectivity index (χ4n) is 1.64. The van der Waals surface area contributed by atoms with Crippen LogP contribution in [0, 0.1) is 0 Å². The molecule has 0 aliphatic heterocycles. The van der Waals surface area contributed by atoms with Crippen molar-refractivity contribution >= 4 is 0 Å². The average Bonchev–Trinajstić information content (AvgIpc) is 2.23. The van der Waals surface area contributed by atoms with Gasteiger partial charge < -0.3 is 4.90 Å². The summed E-state index contributed by atoms with van der Waals surface area (Å²) in [5.41, 5.74) is 2.91. The number of unbranched alkanes of at least 4 members (excludes halogenated alkanes) is 1. The van der Waals surface area contributed by atoms with E-state index >= 15 is 0 Å². The largest absolute Gasteiger partial charge is 0.304 e. The SMILES string of the molecule is CCCCC(CCN(CC)CC)NN. The maximum Gasteiger partial charge on any atom is 0.0222 e. The summed E-state index contributed by atoms with van der Waals surface area (Å²) in [4.78, 5) is 2.44. The van der Waals surface area contributed by atoms with Crippen LogP contribution in [0.4, 0.5) is 0 Å². The normalized spacial score (nSPS) is 13.5. The van der Waals surface area contributed by atoms with E-state index in [4.69, 9.17) is 5.84 Å². The van der Waals surface area contributed by atoms with Crippen molar-refractivity contribution in [2.45, 2.75) is 52.5 Å². The summed E-state index contributed by atoms with van der Waals surface area (Å²) in [6, 6.07) is 0.496. The van der Waals surface area contributed by atoms with E-state index in [2.05, 4.69) is 31.1 Å². The summed E-state index contributed by atoms with van der Waals surface area (Å²) in [7, 11) is 0. The number of nitrogens with zero attached hydrogens (tertiary/aromatic N) is 1. The monoisotopic (exact) mass is 201 g/mol. The van der Waals surface area contributed by atoms with Crippen molar-refractivity contribution in [3.8, 4) is 0 Å². The molecule has 0 aliphatic rings. The van der Waals surface area contributed by atoms with Crippen LogP contribution in [0.15, 0.2) is 0 Å². The summed E-state index contributed by atoms with van der Waals surface area (Å²) >= 11 is 0. The lowest BCUT2D eigenvalue weighted by molar-refractivity contribution is 0.276. The second-order valence-electron chi connectivity index (χ2n) is 3.82. The Morgan fingerprint density at radius 2 is 1.79 bits per heavy atom. The van der Waals surface area contributed by atoms with Crippen LogP contribution in [0.1, 0.15) is 46.5 Å². The highest BCUT2D eigenvalue weighted by Gasteiger charge is 2.07. The van der Waals surface area contributed by atoms with Gasteiger partial charge in [-0.15, -0.1) is 0 Å². The van der Waals surface area contributed by atoms with Crippen LogP contribution in [-0.4, -0.2) is 30.6 Å². The molecular formula is C11H27N3. The van der Waals surface area contributed by atoms with Gasteiger partial charge in [0.1, 0.15) is 0 Å². The molecule has 0 aliphatic carbocycles. The van der Waals surface area contributed by atoms with E-state index in [0.29, 0.717) is 6.04 Å². The number of hydrogen-bond acceptors (Lipinski definition) is 3. The minimum Gasteiger partial charge on any atom is -0.304 e. The Kier molecular flexibility index (Phi) is 9.35. The molecule has 0 amide bonds. The average molecular weight is 201 g/mol. The molecule has 1 atom stereocenters. The Morgan fingerprint density at radius 1 is 1.14 bits per heavy atom. The van der Waals surface area contributed by atoms with Crippen molar-refractivity contribution in [3.05, 3.63) is 0 Å². The molecule has 3 nitrogen and oxygen atoms in total. The third-order valence-electron chi connectivity index (χ3n) is 2.83. The molecule has 14 heavy (non-hydrogen) atoms. The van der Waals surface area contributed by atoms with Crippen molar-refractivity contribution in [2.24, 2.45) is 5.84 Å². The fraction of sp³-hybridized carbons (Fsp3) is 1.00. The van der Waals surface area contributed by atoms with Crippen LogP contribution in [0.25, 0.3) is 0 Å². The van der Waals surface area contributed by atoms with Gasteiger partial charge in [-0.05, 0) is 32.5 Å². The second kappa shape index (κ2) is 9.44. The van der Waals surface area contributed by atoms with Gasteiger partial charge in [-0.3, -0.25) is 11.3 Å². The standard InChI is InChI=1S/C11H27N3/c1-4-7-8-11(13-12)9-10-14(5-2)6-3/h11,13H,4-10,12H2,1-3H3. The highest BCUT2D eigenvalue weighted by Crippen LogP contribution is 2.04. The van der Waals surface area contributed by atoms with Crippen molar-refractivity contribution in [1.29, 1.82) is 0 Å². The summed E-state index contributed by atoms with van der Waals surface area (Å²) in [6.45, 7) is 10.1. The van der Waals surface area contributed by atoms with Crippen LogP contribution in [-0.2, 0) is 0 Å². The summed E-state index contributed by atoms with van der Waals surface area (Å²) in [5.74, 6) is 5.51. The minimum atomic E-state index is 0.496. The Morgan fingerprint density at radius 3 is 2.21 bits per heavy atom. The topological polar surface area (TPSA) is 41.3 Å². The maximum atomic E-state index is 5.51. The highest BCUT2D eigenvalue weighted by molar-refractivity contribution is 4.66. The lowest BCUT2D eigenvalue weighted by atomic mass is 10.1. The molecule has 3 N–H and O–H groups in total. The predicted octanol–water partition coefficient (Wildman–Crippen LogP) is 1.74. The molecule has 0 spiro atoms. The number of rotatable bonds is 9. The van der Waals surface area contributed by atoms with Gasteiger partial charge in [-0.2, -0.15) is 0 Å². The van der Waals surface area contributed by atoms with E-state index in [0.717, 1.165) is 26.1 Å². The third-order valence-corrected chi connectivity index (χ3v) is 2.83. The summed E-state index contributed by atoms with van der Waals surface area (Å²) in [6.07, 6.45) is 4.89. The number of nitrogens with one attached hydrogen (secondary N) is 1. The quantitative estimate of drug-likeness (QED) is 0.441. The first-order chi connectivity index (χ1) is 6.78. The number of hydrogen-bond donors (Lipinski definition) is 2. The molecule has 3 heteroatoms. The smallest absolute Gasteiger partial charge is 0.0222 e. The van der Waals surface area contributed by atoms with Gasteiger partial charge in [0.05, 0.1) is 0 Å². The molecule has 0 bridgehead atoms. The Labute approximate surface area is 89.0 Å². The third kappa shape index (κ3) is 6.35. The molecule has 1 unspecified atom stereocenters. The zero-order chi connectivity index (χ0) is 10.8. The lowest BCUT2D eigenvalue weighted by Gasteiger charge is -2.22. The molecule has 0 aromatic rings. The van der Waals surface area contributed by atoms with Crippen LogP contribution in [0.5, 0.6) is 0 Å². The van der Waals surface area contributed by atoms with Crippen molar-refractivity contribution in [2.75, 3.05) is 19.6 Å². The van der Waals surface area contributed by atoms with Gasteiger partial charge >= 0.3 is 0 Å². The summed E-state index contributed by atoms with van der Waals surface area (Å²) in [5, 5.41) is 0. The molecule has 0 saturated carbocycles. The van der Waals surface area contributed by atoms with Gasteiger partial charge in [-0.1, -0.05) is 33.6 Å². The lowest BCUT2D eigenvalue weighted by Crippen LogP contribution is -2.38. The van der Waals surface area contributed by atoms with Crippen molar-refractivity contribution in [1.82, 2.24) is 10.3 Å². The first kappa shape index (κ1) is 13.9. The summed E-state index contributed by atoms with van der Waals surface area (Å²) < 4.78 is 0. The highest BCUT2D eigenvalue weighted by atomic mass is 15.2. The Hall–Kier alpha value is -0.120. The molecule has 0 radical (unpaired) electrons. The fourth-order valence-corrected chi connectivity index (χ4v) is 1.64. The van der Waals surface area contributed by atoms with Gasteiger partial charge in [0.15, 0.2) is 0 Å². The maximum absolute atomic E-state index is 5.51. The first-order valence-corrected chi connectivity index (χ1v) is 5.96. The second-order valence-corrected chi connectivity index (χ2v) is 3.82. The molecule has 0 fully saturated rings. The molecule has 0 heterocycles. The molecule has 0 saturated heterocycles. The van der Waals surface area contributed by atoms with Crippen molar-refractivity contribution < 1.29 is 0 Å². The molecule has 86 valence electrons. The van der Waals surface area contributed by atoms with Gasteiger partial charge in [0.25, 0.3) is 0 Å². The van der Waals surface area contributed by atoms with E-state index in [1.807, 2.05) is 0 Å². The molecular weight excluding hydrogens is 174 g/mol. The number of nitrogens with two attached hydrogens (primary N) is 1. The predicted molar refractivity (Wildman–Crippen MR) is 63.0 cm³/mol. The molecule has 0 rings (SSSR count). The minimum absolute atomic E-state index is 0.496. The Bertz CT molecular complexity index is 113. The van der Waals surface area contributed by atoms with E-state index in [1.54, 1.807) is 0 Å². The molecule has 0 aromatic carbocycles. The van der Waals surface area contributed by atoms with Crippen LogP contribution in [0.3, 0.4) is 0 Å². The van der Waals surface area contributed by atoms with Crippen molar-refractivity contribution in [3.63, 3.8) is 0 Å².